The highest BCUT2D eigenvalue weighted by Gasteiger charge is 2.33. The van der Waals surface area contributed by atoms with E-state index in [4.69, 9.17) is 4.74 Å². The normalized spacial score (nSPS) is 15.7. The molecule has 0 saturated carbocycles. The molecule has 3 heterocycles. The number of methoxy groups -OCH3 is 1. The van der Waals surface area contributed by atoms with E-state index in [1.165, 1.54) is 6.07 Å². The van der Waals surface area contributed by atoms with Crippen molar-refractivity contribution in [2.24, 2.45) is 0 Å². The number of hydrogen-bond acceptors (Lipinski definition) is 3. The predicted octanol–water partition coefficient (Wildman–Crippen LogP) is 4.75. The molecule has 3 aromatic rings. The molecule has 1 fully saturated rings. The van der Waals surface area contributed by atoms with Gasteiger partial charge in [0.2, 0.25) is 0 Å². The Hall–Kier alpha value is -2.87. The maximum atomic E-state index is 12.9. The summed E-state index contributed by atoms with van der Waals surface area (Å²) in [6.45, 7) is 1.70. The van der Waals surface area contributed by atoms with Crippen LogP contribution in [-0.2, 0) is 17.5 Å². The number of halogens is 3. The molecule has 1 aliphatic rings. The molecule has 2 aromatic heterocycles. The summed E-state index contributed by atoms with van der Waals surface area (Å²) in [5.74, 6) is 0.146. The lowest BCUT2D eigenvalue weighted by molar-refractivity contribution is -0.140. The first kappa shape index (κ1) is 20.4. The molecular formula is C22H22F3N3O2. The molecule has 0 atom stereocenters. The maximum absolute atomic E-state index is 12.9. The zero-order chi connectivity index (χ0) is 21.3. The van der Waals surface area contributed by atoms with E-state index in [2.05, 4.69) is 9.97 Å². The summed E-state index contributed by atoms with van der Waals surface area (Å²) in [6.07, 6.45) is -2.97. The largest absolute Gasteiger partial charge is 0.433 e. The quantitative estimate of drug-likeness (QED) is 0.667. The van der Waals surface area contributed by atoms with Crippen LogP contribution in [0.25, 0.3) is 11.0 Å². The van der Waals surface area contributed by atoms with Crippen molar-refractivity contribution in [1.29, 1.82) is 0 Å². The molecule has 0 spiro atoms. The van der Waals surface area contributed by atoms with Crippen molar-refractivity contribution in [3.8, 4) is 0 Å². The SMILES string of the molecule is COCc1ccc(C(=O)N2CCC(c3cc4nc(C(F)(F)F)ccc4[nH]3)CC2)cc1. The molecule has 0 aliphatic carbocycles. The Morgan fingerprint density at radius 1 is 1.17 bits per heavy atom. The molecule has 158 valence electrons. The minimum absolute atomic E-state index is 0.00875. The summed E-state index contributed by atoms with van der Waals surface area (Å²) >= 11 is 0. The van der Waals surface area contributed by atoms with Crippen molar-refractivity contribution in [3.05, 3.63) is 65.0 Å². The number of alkyl halides is 3. The van der Waals surface area contributed by atoms with Crippen LogP contribution in [0.2, 0.25) is 0 Å². The average molecular weight is 417 g/mol. The number of benzene rings is 1. The molecule has 30 heavy (non-hydrogen) atoms. The van der Waals surface area contributed by atoms with Gasteiger partial charge in [-0.25, -0.2) is 4.98 Å². The van der Waals surface area contributed by atoms with E-state index < -0.39 is 11.9 Å². The third kappa shape index (κ3) is 4.18. The third-order valence-corrected chi connectivity index (χ3v) is 5.52. The van der Waals surface area contributed by atoms with Crippen LogP contribution < -0.4 is 0 Å². The summed E-state index contributed by atoms with van der Waals surface area (Å²) in [4.78, 5) is 21.5. The highest BCUT2D eigenvalue weighted by Crippen LogP contribution is 2.32. The summed E-state index contributed by atoms with van der Waals surface area (Å²) in [5.41, 5.74) is 2.53. The van der Waals surface area contributed by atoms with Crippen LogP contribution in [0, 0.1) is 0 Å². The van der Waals surface area contributed by atoms with E-state index in [1.807, 2.05) is 29.2 Å². The third-order valence-electron chi connectivity index (χ3n) is 5.52. The standard InChI is InChI=1S/C22H22F3N3O2/c1-30-13-14-2-4-16(5-3-14)21(29)28-10-8-15(9-11-28)18-12-19-17(26-18)6-7-20(27-19)22(23,24)25/h2-7,12,15,26H,8-11,13H2,1H3. The van der Waals surface area contributed by atoms with Gasteiger partial charge in [0.25, 0.3) is 5.91 Å². The molecule has 0 radical (unpaired) electrons. The van der Waals surface area contributed by atoms with E-state index in [0.29, 0.717) is 36.3 Å². The van der Waals surface area contributed by atoms with Crippen LogP contribution in [0.3, 0.4) is 0 Å². The molecule has 0 unspecified atom stereocenters. The lowest BCUT2D eigenvalue weighted by Crippen LogP contribution is -2.38. The van der Waals surface area contributed by atoms with Gasteiger partial charge in [-0.3, -0.25) is 4.79 Å². The van der Waals surface area contributed by atoms with E-state index in [9.17, 15) is 18.0 Å². The van der Waals surface area contributed by atoms with Gasteiger partial charge < -0.3 is 14.6 Å². The van der Waals surface area contributed by atoms with Gasteiger partial charge in [0.1, 0.15) is 5.69 Å². The zero-order valence-electron chi connectivity index (χ0n) is 16.5. The molecule has 4 rings (SSSR count). The number of ether oxygens (including phenoxy) is 1. The average Bonchev–Trinajstić information content (AvgIpc) is 3.17. The van der Waals surface area contributed by atoms with Crippen LogP contribution in [0.1, 0.15) is 46.1 Å². The van der Waals surface area contributed by atoms with Crippen LogP contribution in [0.15, 0.2) is 42.5 Å². The monoisotopic (exact) mass is 417 g/mol. The number of aromatic amines is 1. The van der Waals surface area contributed by atoms with Gasteiger partial charge in [0, 0.05) is 37.4 Å². The first-order valence-electron chi connectivity index (χ1n) is 9.79. The Kier molecular flexibility index (Phi) is 5.51. The number of aromatic nitrogens is 2. The van der Waals surface area contributed by atoms with Crippen molar-refractivity contribution in [2.45, 2.75) is 31.5 Å². The minimum atomic E-state index is -4.46. The molecule has 1 N–H and O–H groups in total. The number of pyridine rings is 1. The van der Waals surface area contributed by atoms with E-state index in [1.54, 1.807) is 13.2 Å². The van der Waals surface area contributed by atoms with Crippen molar-refractivity contribution in [1.82, 2.24) is 14.9 Å². The van der Waals surface area contributed by atoms with Gasteiger partial charge in [-0.1, -0.05) is 12.1 Å². The van der Waals surface area contributed by atoms with Gasteiger partial charge in [0.15, 0.2) is 0 Å². The van der Waals surface area contributed by atoms with Crippen LogP contribution in [0.4, 0.5) is 13.2 Å². The number of amides is 1. The van der Waals surface area contributed by atoms with Crippen LogP contribution in [0.5, 0.6) is 0 Å². The maximum Gasteiger partial charge on any atom is 0.433 e. The fourth-order valence-electron chi connectivity index (χ4n) is 3.89. The molecule has 5 nitrogen and oxygen atoms in total. The van der Waals surface area contributed by atoms with E-state index in [0.717, 1.165) is 30.2 Å². The van der Waals surface area contributed by atoms with Gasteiger partial charge in [-0.15, -0.1) is 0 Å². The molecule has 1 amide bonds. The first-order chi connectivity index (χ1) is 14.3. The predicted molar refractivity (Wildman–Crippen MR) is 106 cm³/mol. The highest BCUT2D eigenvalue weighted by atomic mass is 19.4. The van der Waals surface area contributed by atoms with Crippen LogP contribution in [-0.4, -0.2) is 41.0 Å². The number of carbonyl (C=O) groups excluding carboxylic acids is 1. The number of rotatable bonds is 4. The lowest BCUT2D eigenvalue weighted by Gasteiger charge is -2.31. The van der Waals surface area contributed by atoms with E-state index >= 15 is 0 Å². The van der Waals surface area contributed by atoms with Gasteiger partial charge in [0.05, 0.1) is 17.6 Å². The van der Waals surface area contributed by atoms with Gasteiger partial charge in [-0.2, -0.15) is 13.2 Å². The molecular weight excluding hydrogens is 395 g/mol. The minimum Gasteiger partial charge on any atom is -0.380 e. The molecule has 1 aliphatic heterocycles. The molecule has 1 saturated heterocycles. The number of carbonyl (C=O) groups is 1. The number of likely N-dealkylation sites (tertiary alicyclic amines) is 1. The molecule has 0 bridgehead atoms. The number of hydrogen-bond donors (Lipinski definition) is 1. The highest BCUT2D eigenvalue weighted by molar-refractivity contribution is 5.94. The van der Waals surface area contributed by atoms with E-state index in [-0.39, 0.29) is 11.8 Å². The number of piperidine rings is 1. The Morgan fingerprint density at radius 3 is 2.50 bits per heavy atom. The van der Waals surface area contributed by atoms with Crippen LogP contribution >= 0.6 is 0 Å². The molecule has 1 aromatic carbocycles. The zero-order valence-corrected chi connectivity index (χ0v) is 16.5. The van der Waals surface area contributed by atoms with Crippen molar-refractivity contribution >= 4 is 16.9 Å². The number of nitrogens with zero attached hydrogens (tertiary/aromatic N) is 2. The Balaban J connectivity index is 1.42. The number of H-pyrrole nitrogens is 1. The smallest absolute Gasteiger partial charge is 0.380 e. The topological polar surface area (TPSA) is 58.2 Å². The lowest BCUT2D eigenvalue weighted by atomic mass is 9.93. The second-order valence-electron chi connectivity index (χ2n) is 7.55. The Labute approximate surface area is 171 Å². The molecule has 8 heteroatoms. The number of fused-ring (bicyclic) bond motifs is 1. The fourth-order valence-corrected chi connectivity index (χ4v) is 3.89. The first-order valence-corrected chi connectivity index (χ1v) is 9.79. The fraction of sp³-hybridized carbons (Fsp3) is 0.364. The van der Waals surface area contributed by atoms with Crippen molar-refractivity contribution in [2.75, 3.05) is 20.2 Å². The second kappa shape index (κ2) is 8.10. The van der Waals surface area contributed by atoms with Crippen molar-refractivity contribution in [3.63, 3.8) is 0 Å². The van der Waals surface area contributed by atoms with Gasteiger partial charge >= 0.3 is 6.18 Å². The Bertz CT molecular complexity index is 1040. The summed E-state index contributed by atoms with van der Waals surface area (Å²) in [7, 11) is 1.63. The summed E-state index contributed by atoms with van der Waals surface area (Å²) < 4.78 is 43.7. The number of nitrogens with one attached hydrogen (secondary N) is 1. The second-order valence-corrected chi connectivity index (χ2v) is 7.55. The Morgan fingerprint density at radius 2 is 1.87 bits per heavy atom. The summed E-state index contributed by atoms with van der Waals surface area (Å²) in [6, 6.07) is 11.5. The van der Waals surface area contributed by atoms with Crippen molar-refractivity contribution < 1.29 is 22.7 Å². The van der Waals surface area contributed by atoms with Gasteiger partial charge in [-0.05, 0) is 48.7 Å². The summed E-state index contributed by atoms with van der Waals surface area (Å²) in [5, 5.41) is 0.